The summed E-state index contributed by atoms with van der Waals surface area (Å²) < 4.78 is 47.0. The van der Waals surface area contributed by atoms with Gasteiger partial charge in [0.1, 0.15) is 11.6 Å². The summed E-state index contributed by atoms with van der Waals surface area (Å²) in [5.74, 6) is -2.72. The maximum Gasteiger partial charge on any atom is 0.294 e. The van der Waals surface area contributed by atoms with Gasteiger partial charge in [0.05, 0.1) is 4.47 Å². The lowest BCUT2D eigenvalue weighted by molar-refractivity contribution is -0.105. The third-order valence-electron chi connectivity index (χ3n) is 4.12. The normalized spacial score (nSPS) is 16.8. The van der Waals surface area contributed by atoms with Gasteiger partial charge in [0.2, 0.25) is 5.75 Å². The van der Waals surface area contributed by atoms with Gasteiger partial charge in [-0.15, -0.1) is 0 Å². The number of ether oxygens (including phenoxy) is 1. The molecule has 1 saturated carbocycles. The molecule has 0 atom stereocenters. The third-order valence-corrected chi connectivity index (χ3v) is 4.74. The van der Waals surface area contributed by atoms with E-state index >= 15 is 0 Å². The lowest BCUT2D eigenvalue weighted by Gasteiger charge is -2.36. The maximum absolute atomic E-state index is 13.4. The van der Waals surface area contributed by atoms with Crippen molar-refractivity contribution in [1.29, 1.82) is 0 Å². The molecule has 2 aromatic rings. The highest BCUT2D eigenvalue weighted by Crippen LogP contribution is 2.45. The Balaban J connectivity index is 1.99. The number of halogens is 4. The van der Waals surface area contributed by atoms with Crippen molar-refractivity contribution in [2.24, 2.45) is 0 Å². The molecule has 0 spiro atoms. The Morgan fingerprint density at radius 1 is 1.21 bits per heavy atom. The highest BCUT2D eigenvalue weighted by atomic mass is 79.9. The van der Waals surface area contributed by atoms with Gasteiger partial charge >= 0.3 is 0 Å². The van der Waals surface area contributed by atoms with E-state index in [0.717, 1.165) is 0 Å². The fraction of sp³-hybridized carbons (Fsp3) is 0.353. The van der Waals surface area contributed by atoms with Crippen molar-refractivity contribution in [3.8, 4) is 11.5 Å². The highest BCUT2D eigenvalue weighted by Gasteiger charge is 2.46. The molecule has 0 aliphatic heterocycles. The minimum absolute atomic E-state index is 0.00512. The molecule has 0 amide bonds. The first-order chi connectivity index (χ1) is 11.2. The molecule has 1 heterocycles. The summed E-state index contributed by atoms with van der Waals surface area (Å²) >= 11 is 3.25. The minimum Gasteiger partial charge on any atom is -0.450 e. The van der Waals surface area contributed by atoms with Crippen molar-refractivity contribution >= 4 is 15.9 Å². The molecule has 1 fully saturated rings. The molecule has 3 rings (SSSR count). The second-order valence-corrected chi connectivity index (χ2v) is 6.95. The first kappa shape index (κ1) is 17.1. The van der Waals surface area contributed by atoms with Crippen molar-refractivity contribution in [1.82, 2.24) is 4.57 Å². The molecule has 0 radical (unpaired) electrons. The SMILES string of the molecule is Cc1cc(F)cc(C)c1Oc1c(Br)ccn(C2CC(F)(F)C2)c1=O. The smallest absolute Gasteiger partial charge is 0.294 e. The number of nitrogens with zero attached hydrogens (tertiary/aromatic N) is 1. The number of hydrogen-bond acceptors (Lipinski definition) is 2. The van der Waals surface area contributed by atoms with Crippen LogP contribution in [-0.2, 0) is 0 Å². The zero-order valence-corrected chi connectivity index (χ0v) is 14.7. The van der Waals surface area contributed by atoms with Gasteiger partial charge in [-0.1, -0.05) is 0 Å². The molecular weight excluding hydrogens is 387 g/mol. The van der Waals surface area contributed by atoms with E-state index in [-0.39, 0.29) is 18.6 Å². The van der Waals surface area contributed by atoms with E-state index in [4.69, 9.17) is 4.74 Å². The number of pyridine rings is 1. The summed E-state index contributed by atoms with van der Waals surface area (Å²) in [6.07, 6.45) is 0.759. The molecular formula is C17H15BrF3NO2. The van der Waals surface area contributed by atoms with E-state index in [1.807, 2.05) is 0 Å². The van der Waals surface area contributed by atoms with Crippen LogP contribution in [-0.4, -0.2) is 10.5 Å². The lowest BCUT2D eigenvalue weighted by atomic mass is 9.88. The number of hydrogen-bond donors (Lipinski definition) is 0. The van der Waals surface area contributed by atoms with E-state index < -0.39 is 23.3 Å². The van der Waals surface area contributed by atoms with Crippen LogP contribution in [0.5, 0.6) is 11.5 Å². The van der Waals surface area contributed by atoms with Crippen LogP contribution >= 0.6 is 15.9 Å². The summed E-state index contributed by atoms with van der Waals surface area (Å²) in [7, 11) is 0. The number of aryl methyl sites for hydroxylation is 2. The summed E-state index contributed by atoms with van der Waals surface area (Å²) in [6, 6.07) is 3.66. The van der Waals surface area contributed by atoms with Gasteiger partial charge in [0.15, 0.2) is 0 Å². The maximum atomic E-state index is 13.4. The van der Waals surface area contributed by atoms with Crippen molar-refractivity contribution in [3.05, 3.63) is 56.2 Å². The molecule has 1 aromatic carbocycles. The Hall–Kier alpha value is -1.76. The van der Waals surface area contributed by atoms with E-state index in [1.165, 1.54) is 22.9 Å². The van der Waals surface area contributed by atoms with E-state index in [1.54, 1.807) is 19.9 Å². The average molecular weight is 402 g/mol. The van der Waals surface area contributed by atoms with Gasteiger partial charge in [-0.2, -0.15) is 0 Å². The second-order valence-electron chi connectivity index (χ2n) is 6.09. The molecule has 128 valence electrons. The third kappa shape index (κ3) is 3.09. The standard InChI is InChI=1S/C17H15BrF3NO2/c1-9-5-11(19)6-10(2)14(9)24-15-13(18)3-4-22(16(15)23)12-7-17(20,21)8-12/h3-6,12H,7-8H2,1-2H3. The van der Waals surface area contributed by atoms with Crippen molar-refractivity contribution in [3.63, 3.8) is 0 Å². The number of benzene rings is 1. The monoisotopic (exact) mass is 401 g/mol. The minimum atomic E-state index is -2.72. The largest absolute Gasteiger partial charge is 0.450 e. The molecule has 0 N–H and O–H groups in total. The van der Waals surface area contributed by atoms with Crippen molar-refractivity contribution in [2.45, 2.75) is 38.7 Å². The molecule has 0 saturated heterocycles. The molecule has 0 bridgehead atoms. The Morgan fingerprint density at radius 3 is 2.33 bits per heavy atom. The molecule has 1 aliphatic rings. The van der Waals surface area contributed by atoms with Gasteiger partial charge in [-0.3, -0.25) is 4.79 Å². The fourth-order valence-electron chi connectivity index (χ4n) is 2.88. The van der Waals surface area contributed by atoms with Crippen molar-refractivity contribution < 1.29 is 17.9 Å². The Morgan fingerprint density at radius 2 is 1.79 bits per heavy atom. The predicted molar refractivity (Wildman–Crippen MR) is 87.6 cm³/mol. The topological polar surface area (TPSA) is 31.2 Å². The van der Waals surface area contributed by atoms with Crippen LogP contribution in [0.25, 0.3) is 0 Å². The summed E-state index contributed by atoms with van der Waals surface area (Å²) in [5, 5.41) is 0. The van der Waals surface area contributed by atoms with E-state index in [9.17, 15) is 18.0 Å². The summed E-state index contributed by atoms with van der Waals surface area (Å²) in [6.45, 7) is 3.35. The van der Waals surface area contributed by atoms with Gasteiger partial charge in [0.25, 0.3) is 11.5 Å². The average Bonchev–Trinajstić information content (AvgIpc) is 2.43. The molecule has 1 aliphatic carbocycles. The quantitative estimate of drug-likeness (QED) is 0.713. The zero-order valence-electron chi connectivity index (χ0n) is 13.1. The Kier molecular flexibility index (Phi) is 4.23. The second kappa shape index (κ2) is 5.95. The fourth-order valence-corrected chi connectivity index (χ4v) is 3.24. The first-order valence-corrected chi connectivity index (χ1v) is 8.20. The van der Waals surface area contributed by atoms with Gasteiger partial charge in [-0.05, 0) is 59.1 Å². The molecule has 1 aromatic heterocycles. The van der Waals surface area contributed by atoms with Gasteiger partial charge in [0, 0.05) is 25.1 Å². The Labute approximate surface area is 145 Å². The van der Waals surface area contributed by atoms with Gasteiger partial charge in [-0.25, -0.2) is 13.2 Å². The van der Waals surface area contributed by atoms with Crippen LogP contribution in [0.3, 0.4) is 0 Å². The molecule has 7 heteroatoms. The van der Waals surface area contributed by atoms with E-state index in [0.29, 0.717) is 21.3 Å². The van der Waals surface area contributed by atoms with Crippen LogP contribution in [0, 0.1) is 19.7 Å². The number of aromatic nitrogens is 1. The van der Waals surface area contributed by atoms with Crippen LogP contribution < -0.4 is 10.3 Å². The Bertz CT molecular complexity index is 832. The predicted octanol–water partition coefficient (Wildman–Crippen LogP) is 5.13. The zero-order chi connectivity index (χ0) is 17.6. The van der Waals surface area contributed by atoms with E-state index in [2.05, 4.69) is 15.9 Å². The molecule has 0 unspecified atom stereocenters. The summed E-state index contributed by atoms with van der Waals surface area (Å²) in [5.41, 5.74) is 0.599. The van der Waals surface area contributed by atoms with Crippen LogP contribution in [0.4, 0.5) is 13.2 Å². The number of alkyl halides is 2. The summed E-state index contributed by atoms with van der Waals surface area (Å²) in [4.78, 5) is 12.6. The van der Waals surface area contributed by atoms with Crippen LogP contribution in [0.2, 0.25) is 0 Å². The van der Waals surface area contributed by atoms with Gasteiger partial charge < -0.3 is 9.30 Å². The van der Waals surface area contributed by atoms with Crippen molar-refractivity contribution in [2.75, 3.05) is 0 Å². The number of rotatable bonds is 3. The molecule has 3 nitrogen and oxygen atoms in total. The molecule has 24 heavy (non-hydrogen) atoms. The van der Waals surface area contributed by atoms with Crippen LogP contribution in [0.1, 0.15) is 30.0 Å². The lowest BCUT2D eigenvalue weighted by Crippen LogP contribution is -2.41. The first-order valence-electron chi connectivity index (χ1n) is 7.41. The highest BCUT2D eigenvalue weighted by molar-refractivity contribution is 9.10. The van der Waals surface area contributed by atoms with Crippen LogP contribution in [0.15, 0.2) is 33.7 Å².